The van der Waals surface area contributed by atoms with E-state index in [0.29, 0.717) is 6.20 Å². The number of anilines is 1. The lowest BCUT2D eigenvalue weighted by molar-refractivity contribution is -0.153. The number of carbonyl (C=O) groups excluding carboxylic acids is 1. The van der Waals surface area contributed by atoms with Gasteiger partial charge < -0.3 is 15.7 Å². The lowest BCUT2D eigenvalue weighted by Gasteiger charge is -2.15. The zero-order chi connectivity index (χ0) is 23.4. The molecular weight excluding hydrogens is 475 g/mol. The molecule has 2 rings (SSSR count). The fraction of sp³-hybridized carbons (Fsp3) is 0.333. The first-order chi connectivity index (χ1) is 14.2. The molecule has 1 atom stereocenters. The van der Waals surface area contributed by atoms with Crippen LogP contribution in [0, 0.1) is 0 Å². The number of aliphatic hydroxyl groups is 1. The quantitative estimate of drug-likeness (QED) is 0.463. The first-order valence-corrected chi connectivity index (χ1v) is 9.30. The number of benzene rings is 1. The number of nitrogens with zero attached hydrogens (tertiary/aromatic N) is 1. The molecule has 1 heterocycles. The van der Waals surface area contributed by atoms with Crippen LogP contribution in [0.2, 0.25) is 10.0 Å². The number of pyridine rings is 1. The maximum atomic E-state index is 12.5. The van der Waals surface area contributed by atoms with Crippen LogP contribution in [0.1, 0.15) is 23.2 Å². The number of hydrogen-bond acceptors (Lipinski definition) is 3. The Morgan fingerprint density at radius 1 is 1.10 bits per heavy atom. The van der Waals surface area contributed by atoms with Gasteiger partial charge in [0.2, 0.25) is 0 Å². The summed E-state index contributed by atoms with van der Waals surface area (Å²) in [6, 6.07) is 3.63. The number of amides is 2. The van der Waals surface area contributed by atoms with Crippen molar-refractivity contribution < 1.29 is 36.2 Å². The van der Waals surface area contributed by atoms with Gasteiger partial charge in [0.25, 0.3) is 0 Å². The molecular formula is C18H15Cl2F6N3O2. The lowest BCUT2D eigenvalue weighted by Crippen LogP contribution is -2.29. The summed E-state index contributed by atoms with van der Waals surface area (Å²) in [4.78, 5) is 15.6. The third-order valence-electron chi connectivity index (χ3n) is 3.86. The number of nitrogens with one attached hydrogen (secondary N) is 2. The molecule has 0 aliphatic carbocycles. The second kappa shape index (κ2) is 9.92. The van der Waals surface area contributed by atoms with E-state index < -0.39 is 36.5 Å². The first-order valence-electron chi connectivity index (χ1n) is 8.54. The normalized spacial score (nSPS) is 13.1. The molecule has 0 spiro atoms. The van der Waals surface area contributed by atoms with Gasteiger partial charge in [-0.25, -0.2) is 4.79 Å². The molecule has 0 aliphatic rings. The van der Waals surface area contributed by atoms with Crippen molar-refractivity contribution in [2.75, 3.05) is 5.32 Å². The van der Waals surface area contributed by atoms with E-state index in [-0.39, 0.29) is 40.0 Å². The number of halogens is 8. The van der Waals surface area contributed by atoms with Crippen molar-refractivity contribution in [3.8, 4) is 0 Å². The fourth-order valence-electron chi connectivity index (χ4n) is 2.50. The molecule has 5 nitrogen and oxygen atoms in total. The van der Waals surface area contributed by atoms with Crippen molar-refractivity contribution in [1.29, 1.82) is 0 Å². The molecule has 2 amide bonds. The topological polar surface area (TPSA) is 74.2 Å². The van der Waals surface area contributed by atoms with E-state index in [1.807, 2.05) is 0 Å². The Hall–Kier alpha value is -2.24. The monoisotopic (exact) mass is 489 g/mol. The lowest BCUT2D eigenvalue weighted by atomic mass is 10.0. The fourth-order valence-corrected chi connectivity index (χ4v) is 3.13. The Bertz CT molecular complexity index is 897. The van der Waals surface area contributed by atoms with Gasteiger partial charge in [0, 0.05) is 6.20 Å². The molecule has 0 radical (unpaired) electrons. The number of aliphatic hydroxyl groups excluding tert-OH is 1. The predicted molar refractivity (Wildman–Crippen MR) is 102 cm³/mol. The summed E-state index contributed by atoms with van der Waals surface area (Å²) >= 11 is 12.0. The molecule has 13 heteroatoms. The highest BCUT2D eigenvalue weighted by molar-refractivity contribution is 6.39. The average Bonchev–Trinajstić information content (AvgIpc) is 2.61. The SMILES string of the molecule is O=C(NCc1ccc(C(F)(F)F)cn1)Nc1c(Cl)cc(CC(O)CC(F)(F)F)cc1Cl. The van der Waals surface area contributed by atoms with Crippen LogP contribution >= 0.6 is 23.2 Å². The summed E-state index contributed by atoms with van der Waals surface area (Å²) < 4.78 is 74.5. The Morgan fingerprint density at radius 2 is 1.71 bits per heavy atom. The molecule has 0 fully saturated rings. The summed E-state index contributed by atoms with van der Waals surface area (Å²) in [7, 11) is 0. The van der Waals surface area contributed by atoms with Crippen molar-refractivity contribution in [1.82, 2.24) is 10.3 Å². The molecule has 0 saturated carbocycles. The zero-order valence-electron chi connectivity index (χ0n) is 15.4. The second-order valence-corrected chi connectivity index (χ2v) is 7.27. The summed E-state index contributed by atoms with van der Waals surface area (Å²) in [5, 5.41) is 14.1. The first kappa shape index (κ1) is 25.0. The highest BCUT2D eigenvalue weighted by atomic mass is 35.5. The van der Waals surface area contributed by atoms with E-state index >= 15 is 0 Å². The van der Waals surface area contributed by atoms with Gasteiger partial charge in [-0.1, -0.05) is 23.2 Å². The molecule has 31 heavy (non-hydrogen) atoms. The maximum Gasteiger partial charge on any atom is 0.417 e. The maximum absolute atomic E-state index is 12.5. The van der Waals surface area contributed by atoms with Crippen LogP contribution < -0.4 is 10.6 Å². The number of carbonyl (C=O) groups is 1. The Balaban J connectivity index is 1.97. The molecule has 1 unspecified atom stereocenters. The third-order valence-corrected chi connectivity index (χ3v) is 4.46. The summed E-state index contributed by atoms with van der Waals surface area (Å²) in [6.07, 6.45) is -11.9. The van der Waals surface area contributed by atoms with Crippen LogP contribution in [0.25, 0.3) is 0 Å². The van der Waals surface area contributed by atoms with Gasteiger partial charge in [-0.05, 0) is 36.2 Å². The molecule has 3 N–H and O–H groups in total. The molecule has 0 bridgehead atoms. The Morgan fingerprint density at radius 3 is 2.19 bits per heavy atom. The standard InChI is InChI=1S/C18H15Cl2F6N3O2/c19-13-4-9(3-12(30)6-17(21,22)23)5-14(20)15(13)29-16(31)28-8-11-2-1-10(7-27-11)18(24,25)26/h1-2,4-5,7,12,30H,3,6,8H2,(H2,28,29,31). The largest absolute Gasteiger partial charge is 0.417 e. The molecule has 1 aromatic carbocycles. The van der Waals surface area contributed by atoms with Crippen LogP contribution in [-0.2, 0) is 19.1 Å². The molecule has 1 aromatic heterocycles. The Kier molecular flexibility index (Phi) is 8.01. The third kappa shape index (κ3) is 8.08. The highest BCUT2D eigenvalue weighted by Gasteiger charge is 2.31. The molecule has 0 aliphatic heterocycles. The number of hydrogen-bond donors (Lipinski definition) is 3. The van der Waals surface area contributed by atoms with Gasteiger partial charge >= 0.3 is 18.4 Å². The minimum atomic E-state index is -4.53. The number of urea groups is 1. The van der Waals surface area contributed by atoms with Gasteiger partial charge in [-0.15, -0.1) is 0 Å². The van der Waals surface area contributed by atoms with E-state index in [1.54, 1.807) is 0 Å². The van der Waals surface area contributed by atoms with E-state index in [0.717, 1.165) is 12.1 Å². The second-order valence-electron chi connectivity index (χ2n) is 6.46. The van der Waals surface area contributed by atoms with Crippen LogP contribution in [0.3, 0.4) is 0 Å². The van der Waals surface area contributed by atoms with E-state index in [9.17, 15) is 36.2 Å². The van der Waals surface area contributed by atoms with Crippen LogP contribution in [-0.4, -0.2) is 28.4 Å². The molecule has 2 aromatic rings. The van der Waals surface area contributed by atoms with Crippen molar-refractivity contribution in [2.45, 2.75) is 37.8 Å². The van der Waals surface area contributed by atoms with Gasteiger partial charge in [0.05, 0.1) is 46.1 Å². The van der Waals surface area contributed by atoms with Gasteiger partial charge in [0.1, 0.15) is 0 Å². The van der Waals surface area contributed by atoms with E-state index in [1.165, 1.54) is 12.1 Å². The highest BCUT2D eigenvalue weighted by Crippen LogP contribution is 2.33. The number of alkyl halides is 6. The van der Waals surface area contributed by atoms with Gasteiger partial charge in [0.15, 0.2) is 0 Å². The summed E-state index contributed by atoms with van der Waals surface area (Å²) in [6.45, 7) is -0.194. The van der Waals surface area contributed by atoms with E-state index in [2.05, 4.69) is 15.6 Å². The van der Waals surface area contributed by atoms with E-state index in [4.69, 9.17) is 23.2 Å². The summed E-state index contributed by atoms with van der Waals surface area (Å²) in [5.74, 6) is 0. The van der Waals surface area contributed by atoms with Crippen LogP contribution in [0.4, 0.5) is 36.8 Å². The number of rotatable bonds is 6. The van der Waals surface area contributed by atoms with Crippen LogP contribution in [0.5, 0.6) is 0 Å². The van der Waals surface area contributed by atoms with Crippen molar-refractivity contribution in [3.63, 3.8) is 0 Å². The summed E-state index contributed by atoms with van der Waals surface area (Å²) in [5.41, 5.74) is -0.573. The number of aromatic nitrogens is 1. The van der Waals surface area contributed by atoms with Gasteiger partial charge in [-0.3, -0.25) is 4.98 Å². The molecule has 170 valence electrons. The van der Waals surface area contributed by atoms with Crippen molar-refractivity contribution >= 4 is 34.9 Å². The smallest absolute Gasteiger partial charge is 0.392 e. The zero-order valence-corrected chi connectivity index (χ0v) is 16.9. The average molecular weight is 490 g/mol. The van der Waals surface area contributed by atoms with Crippen molar-refractivity contribution in [2.24, 2.45) is 0 Å². The minimum absolute atomic E-state index is 0.0322. The van der Waals surface area contributed by atoms with Crippen molar-refractivity contribution in [3.05, 3.63) is 57.3 Å². The van der Waals surface area contributed by atoms with Gasteiger partial charge in [-0.2, -0.15) is 26.3 Å². The molecule has 0 saturated heterocycles. The predicted octanol–water partition coefficient (Wildman–Crippen LogP) is 5.58. The minimum Gasteiger partial charge on any atom is -0.392 e. The van der Waals surface area contributed by atoms with Crippen LogP contribution in [0.15, 0.2) is 30.5 Å². The Labute approximate surface area is 182 Å².